The van der Waals surface area contributed by atoms with Crippen LogP contribution in [0.1, 0.15) is 38.9 Å². The Balaban J connectivity index is 1.99. The fraction of sp³-hybridized carbons (Fsp3) is 0.769. The minimum atomic E-state index is 0.319. The highest BCUT2D eigenvalue weighted by atomic mass is 15.2. The van der Waals surface area contributed by atoms with Crippen molar-refractivity contribution in [3.8, 4) is 0 Å². The van der Waals surface area contributed by atoms with Crippen LogP contribution in [0.5, 0.6) is 0 Å². The zero-order valence-corrected chi connectivity index (χ0v) is 11.1. The Hall–Kier alpha value is -0.870. The van der Waals surface area contributed by atoms with Crippen LogP contribution in [0, 0.1) is 5.92 Å². The zero-order valence-electron chi connectivity index (χ0n) is 11.1. The van der Waals surface area contributed by atoms with Gasteiger partial charge in [0.2, 0.25) is 0 Å². The van der Waals surface area contributed by atoms with E-state index in [2.05, 4.69) is 35.2 Å². The molecule has 1 aliphatic rings. The quantitative estimate of drug-likeness (QED) is 0.867. The molecule has 0 radical (unpaired) electrons. The third kappa shape index (κ3) is 2.87. The molecule has 2 atom stereocenters. The van der Waals surface area contributed by atoms with Gasteiger partial charge in [-0.1, -0.05) is 6.92 Å². The summed E-state index contributed by atoms with van der Waals surface area (Å²) in [5.41, 5.74) is 7.42. The summed E-state index contributed by atoms with van der Waals surface area (Å²) >= 11 is 0. The van der Waals surface area contributed by atoms with Gasteiger partial charge in [-0.3, -0.25) is 4.90 Å². The van der Waals surface area contributed by atoms with Gasteiger partial charge in [0, 0.05) is 31.4 Å². The van der Waals surface area contributed by atoms with Gasteiger partial charge in [-0.15, -0.1) is 0 Å². The minimum Gasteiger partial charge on any atom is -0.331 e. The third-order valence-electron chi connectivity index (χ3n) is 3.79. The molecule has 1 aromatic rings. The van der Waals surface area contributed by atoms with Gasteiger partial charge in [-0.2, -0.15) is 0 Å². The summed E-state index contributed by atoms with van der Waals surface area (Å²) in [6, 6.07) is 0.795. The van der Waals surface area contributed by atoms with E-state index < -0.39 is 0 Å². The van der Waals surface area contributed by atoms with E-state index in [1.54, 1.807) is 0 Å². The molecule has 17 heavy (non-hydrogen) atoms. The molecule has 2 rings (SSSR count). The van der Waals surface area contributed by atoms with Crippen LogP contribution in [-0.2, 0) is 6.54 Å². The smallest absolute Gasteiger partial charge is 0.0951 e. The molecule has 2 heterocycles. The highest BCUT2D eigenvalue weighted by molar-refractivity contribution is 5.00. The lowest BCUT2D eigenvalue weighted by molar-refractivity contribution is 0.158. The van der Waals surface area contributed by atoms with Crippen LogP contribution in [0.25, 0.3) is 0 Å². The van der Waals surface area contributed by atoms with Crippen molar-refractivity contribution in [1.29, 1.82) is 0 Å². The van der Waals surface area contributed by atoms with Crippen LogP contribution in [-0.4, -0.2) is 33.6 Å². The first-order valence-corrected chi connectivity index (χ1v) is 6.56. The Bertz CT molecular complexity index is 358. The van der Waals surface area contributed by atoms with E-state index in [9.17, 15) is 0 Å². The SMILES string of the molecule is CC1CCN(Cc2cncn2C(C)C)CC1N. The largest absolute Gasteiger partial charge is 0.331 e. The number of hydrogen-bond donors (Lipinski definition) is 1. The third-order valence-corrected chi connectivity index (χ3v) is 3.79. The van der Waals surface area contributed by atoms with E-state index in [1.165, 1.54) is 12.1 Å². The summed E-state index contributed by atoms with van der Waals surface area (Å²) in [7, 11) is 0. The molecule has 1 aromatic heterocycles. The zero-order chi connectivity index (χ0) is 12.4. The van der Waals surface area contributed by atoms with E-state index in [0.717, 1.165) is 19.6 Å². The lowest BCUT2D eigenvalue weighted by Crippen LogP contribution is -2.47. The number of aromatic nitrogens is 2. The highest BCUT2D eigenvalue weighted by Crippen LogP contribution is 2.18. The molecular weight excluding hydrogens is 212 g/mol. The van der Waals surface area contributed by atoms with Gasteiger partial charge in [0.15, 0.2) is 0 Å². The minimum absolute atomic E-state index is 0.319. The molecule has 0 aliphatic carbocycles. The summed E-state index contributed by atoms with van der Waals surface area (Å²) in [6.07, 6.45) is 5.10. The fourth-order valence-electron chi connectivity index (χ4n) is 2.46. The molecule has 96 valence electrons. The molecule has 2 N–H and O–H groups in total. The lowest BCUT2D eigenvalue weighted by atomic mass is 9.94. The lowest BCUT2D eigenvalue weighted by Gasteiger charge is -2.35. The molecule has 0 bridgehead atoms. The van der Waals surface area contributed by atoms with Crippen molar-refractivity contribution in [1.82, 2.24) is 14.5 Å². The number of rotatable bonds is 3. The molecular formula is C13H24N4. The van der Waals surface area contributed by atoms with Gasteiger partial charge in [-0.05, 0) is 32.7 Å². The molecule has 1 aliphatic heterocycles. The number of nitrogens with zero attached hydrogens (tertiary/aromatic N) is 3. The Morgan fingerprint density at radius 3 is 2.94 bits per heavy atom. The molecule has 0 amide bonds. The van der Waals surface area contributed by atoms with Gasteiger partial charge in [0.05, 0.1) is 12.0 Å². The first-order valence-electron chi connectivity index (χ1n) is 6.56. The van der Waals surface area contributed by atoms with E-state index in [0.29, 0.717) is 18.0 Å². The van der Waals surface area contributed by atoms with Crippen molar-refractivity contribution in [3.05, 3.63) is 18.2 Å². The molecule has 0 aromatic carbocycles. The average Bonchev–Trinajstić information content (AvgIpc) is 2.72. The van der Waals surface area contributed by atoms with Crippen molar-refractivity contribution < 1.29 is 0 Å². The number of imidazole rings is 1. The van der Waals surface area contributed by atoms with E-state index in [4.69, 9.17) is 5.73 Å². The summed E-state index contributed by atoms with van der Waals surface area (Å²) in [4.78, 5) is 6.69. The first kappa shape index (κ1) is 12.6. The average molecular weight is 236 g/mol. The van der Waals surface area contributed by atoms with Crippen molar-refractivity contribution in [2.24, 2.45) is 11.7 Å². The molecule has 2 unspecified atom stereocenters. The Morgan fingerprint density at radius 2 is 2.29 bits per heavy atom. The second-order valence-electron chi connectivity index (χ2n) is 5.55. The first-order chi connectivity index (χ1) is 8.08. The van der Waals surface area contributed by atoms with Gasteiger partial charge in [0.25, 0.3) is 0 Å². The summed E-state index contributed by atoms with van der Waals surface area (Å²) < 4.78 is 2.24. The van der Waals surface area contributed by atoms with Crippen LogP contribution in [0.15, 0.2) is 12.5 Å². The molecule has 1 fully saturated rings. The topological polar surface area (TPSA) is 47.1 Å². The van der Waals surface area contributed by atoms with E-state index in [1.807, 2.05) is 12.5 Å². The molecule has 0 saturated carbocycles. The summed E-state index contributed by atoms with van der Waals surface area (Å²) in [6.45, 7) is 9.76. The predicted octanol–water partition coefficient (Wildman–Crippen LogP) is 1.63. The van der Waals surface area contributed by atoms with Gasteiger partial charge >= 0.3 is 0 Å². The standard InChI is InChI=1S/C13H24N4/c1-10(2)17-9-15-6-12(17)7-16-5-4-11(3)13(14)8-16/h6,9-11,13H,4-5,7-8,14H2,1-3H3. The van der Waals surface area contributed by atoms with Crippen LogP contribution >= 0.6 is 0 Å². The number of likely N-dealkylation sites (tertiary alicyclic amines) is 1. The molecule has 4 heteroatoms. The number of piperidine rings is 1. The second kappa shape index (κ2) is 5.19. The Morgan fingerprint density at radius 1 is 1.53 bits per heavy atom. The van der Waals surface area contributed by atoms with Crippen LogP contribution in [0.3, 0.4) is 0 Å². The molecule has 0 spiro atoms. The van der Waals surface area contributed by atoms with Crippen LogP contribution in [0.2, 0.25) is 0 Å². The van der Waals surface area contributed by atoms with Crippen molar-refractivity contribution in [2.75, 3.05) is 13.1 Å². The second-order valence-corrected chi connectivity index (χ2v) is 5.55. The van der Waals surface area contributed by atoms with Gasteiger partial charge in [-0.25, -0.2) is 4.98 Å². The molecule has 1 saturated heterocycles. The van der Waals surface area contributed by atoms with Crippen molar-refractivity contribution in [2.45, 2.75) is 45.8 Å². The fourth-order valence-corrected chi connectivity index (χ4v) is 2.46. The van der Waals surface area contributed by atoms with Gasteiger partial charge < -0.3 is 10.3 Å². The molecule has 4 nitrogen and oxygen atoms in total. The Labute approximate surface area is 104 Å². The van der Waals surface area contributed by atoms with E-state index >= 15 is 0 Å². The van der Waals surface area contributed by atoms with Gasteiger partial charge in [0.1, 0.15) is 0 Å². The van der Waals surface area contributed by atoms with Crippen molar-refractivity contribution >= 4 is 0 Å². The number of hydrogen-bond acceptors (Lipinski definition) is 3. The van der Waals surface area contributed by atoms with E-state index in [-0.39, 0.29) is 0 Å². The maximum atomic E-state index is 6.13. The summed E-state index contributed by atoms with van der Waals surface area (Å²) in [5.74, 6) is 0.654. The number of nitrogens with two attached hydrogens (primary N) is 1. The highest BCUT2D eigenvalue weighted by Gasteiger charge is 2.23. The normalized spacial score (nSPS) is 26.6. The Kier molecular flexibility index (Phi) is 3.84. The van der Waals surface area contributed by atoms with Crippen molar-refractivity contribution in [3.63, 3.8) is 0 Å². The predicted molar refractivity (Wildman–Crippen MR) is 69.6 cm³/mol. The maximum absolute atomic E-state index is 6.13. The monoisotopic (exact) mass is 236 g/mol. The maximum Gasteiger partial charge on any atom is 0.0951 e. The van der Waals surface area contributed by atoms with Crippen LogP contribution in [0.4, 0.5) is 0 Å². The van der Waals surface area contributed by atoms with Crippen LogP contribution < -0.4 is 5.73 Å². The summed E-state index contributed by atoms with van der Waals surface area (Å²) in [5, 5.41) is 0.